The van der Waals surface area contributed by atoms with Crippen molar-refractivity contribution in [2.24, 2.45) is 5.73 Å². The van der Waals surface area contributed by atoms with Crippen molar-refractivity contribution >= 4 is 5.69 Å². The van der Waals surface area contributed by atoms with Crippen LogP contribution in [0.5, 0.6) is 5.75 Å². The van der Waals surface area contributed by atoms with Crippen LogP contribution in [0, 0.1) is 0 Å². The van der Waals surface area contributed by atoms with E-state index in [4.69, 9.17) is 15.5 Å². The lowest BCUT2D eigenvalue weighted by Crippen LogP contribution is -2.15. The second kappa shape index (κ2) is 7.42. The molecular weight excluding hydrogens is 288 g/mol. The summed E-state index contributed by atoms with van der Waals surface area (Å²) in [6.07, 6.45) is 6.84. The van der Waals surface area contributed by atoms with Crippen molar-refractivity contribution in [1.82, 2.24) is 9.97 Å². The molecule has 0 spiro atoms. The van der Waals surface area contributed by atoms with E-state index >= 15 is 0 Å². The molecule has 122 valence electrons. The lowest BCUT2D eigenvalue weighted by atomic mass is 10.1. The Bertz CT molecular complexity index is 636. The molecule has 1 saturated carbocycles. The number of hydrogen-bond donors (Lipinski definition) is 2. The minimum absolute atomic E-state index is 0.496. The molecule has 0 aliphatic heterocycles. The highest BCUT2D eigenvalue weighted by molar-refractivity contribution is 5.74. The zero-order chi connectivity index (χ0) is 16.1. The van der Waals surface area contributed by atoms with Gasteiger partial charge in [0.05, 0.1) is 24.7 Å². The van der Waals surface area contributed by atoms with Gasteiger partial charge in [0.1, 0.15) is 11.6 Å². The molecule has 0 unspecified atom stereocenters. The number of nitrogens with one attached hydrogen (secondary N) is 1. The molecule has 1 fully saturated rings. The van der Waals surface area contributed by atoms with Gasteiger partial charge in [-0.1, -0.05) is 12.8 Å². The molecular formula is C18H24N4O. The number of ether oxygens (including phenoxy) is 1. The van der Waals surface area contributed by atoms with Crippen LogP contribution >= 0.6 is 0 Å². The first kappa shape index (κ1) is 15.7. The fourth-order valence-corrected chi connectivity index (χ4v) is 3.08. The molecule has 5 nitrogen and oxygen atoms in total. The highest BCUT2D eigenvalue weighted by atomic mass is 16.5. The molecule has 0 amide bonds. The van der Waals surface area contributed by atoms with Crippen molar-refractivity contribution in [3.63, 3.8) is 0 Å². The van der Waals surface area contributed by atoms with Crippen molar-refractivity contribution in [3.05, 3.63) is 36.3 Å². The fraction of sp³-hybridized carbons (Fsp3) is 0.444. The third-order valence-electron chi connectivity index (χ3n) is 4.35. The molecule has 1 aromatic heterocycles. The summed E-state index contributed by atoms with van der Waals surface area (Å²) in [7, 11) is 1.67. The van der Waals surface area contributed by atoms with E-state index in [1.54, 1.807) is 7.11 Å². The first-order valence-corrected chi connectivity index (χ1v) is 8.27. The van der Waals surface area contributed by atoms with Gasteiger partial charge in [-0.05, 0) is 37.1 Å². The molecule has 0 saturated heterocycles. The van der Waals surface area contributed by atoms with E-state index in [0.717, 1.165) is 28.5 Å². The normalized spacial score (nSPS) is 14.9. The van der Waals surface area contributed by atoms with E-state index in [2.05, 4.69) is 10.3 Å². The first-order chi connectivity index (χ1) is 11.3. The lowest BCUT2D eigenvalue weighted by molar-refractivity contribution is 0.415. The Kier molecular flexibility index (Phi) is 5.08. The fourth-order valence-electron chi connectivity index (χ4n) is 3.08. The maximum Gasteiger partial charge on any atom is 0.132 e. The van der Waals surface area contributed by atoms with Gasteiger partial charge < -0.3 is 15.8 Å². The van der Waals surface area contributed by atoms with Gasteiger partial charge in [-0.2, -0.15) is 0 Å². The minimum Gasteiger partial charge on any atom is -0.497 e. The van der Waals surface area contributed by atoms with Gasteiger partial charge in [0.25, 0.3) is 0 Å². The molecule has 3 N–H and O–H groups in total. The Labute approximate surface area is 137 Å². The van der Waals surface area contributed by atoms with Crippen molar-refractivity contribution in [1.29, 1.82) is 0 Å². The smallest absolute Gasteiger partial charge is 0.132 e. The van der Waals surface area contributed by atoms with Gasteiger partial charge in [0, 0.05) is 24.6 Å². The van der Waals surface area contributed by atoms with Gasteiger partial charge in [-0.15, -0.1) is 0 Å². The predicted molar refractivity (Wildman–Crippen MR) is 92.8 cm³/mol. The van der Waals surface area contributed by atoms with E-state index in [0.29, 0.717) is 19.0 Å². The zero-order valence-electron chi connectivity index (χ0n) is 13.6. The SMILES string of the molecule is COc1ccc(-c2nc(C3CCCC3)ncc2NCCN)cc1. The predicted octanol–water partition coefficient (Wildman–Crippen LogP) is 3.18. The maximum absolute atomic E-state index is 5.61. The summed E-state index contributed by atoms with van der Waals surface area (Å²) in [4.78, 5) is 9.47. The highest BCUT2D eigenvalue weighted by Crippen LogP contribution is 2.34. The lowest BCUT2D eigenvalue weighted by Gasteiger charge is -2.14. The van der Waals surface area contributed by atoms with E-state index in [1.807, 2.05) is 30.5 Å². The average molecular weight is 312 g/mol. The van der Waals surface area contributed by atoms with Gasteiger partial charge >= 0.3 is 0 Å². The Balaban J connectivity index is 1.96. The summed E-state index contributed by atoms with van der Waals surface area (Å²) in [5.41, 5.74) is 8.55. The molecule has 5 heteroatoms. The number of anilines is 1. The van der Waals surface area contributed by atoms with Gasteiger partial charge in [0.15, 0.2) is 0 Å². The van der Waals surface area contributed by atoms with E-state index < -0.39 is 0 Å². The van der Waals surface area contributed by atoms with Crippen LogP contribution in [0.2, 0.25) is 0 Å². The van der Waals surface area contributed by atoms with Crippen LogP contribution in [0.25, 0.3) is 11.3 Å². The molecule has 23 heavy (non-hydrogen) atoms. The van der Waals surface area contributed by atoms with E-state index in [1.165, 1.54) is 25.7 Å². The number of hydrogen-bond acceptors (Lipinski definition) is 5. The molecule has 2 aromatic rings. The standard InChI is InChI=1S/C18H24N4O/c1-23-15-8-6-13(7-9-15)17-16(20-11-10-19)12-21-18(22-17)14-4-2-3-5-14/h6-9,12,14,20H,2-5,10-11,19H2,1H3. The summed E-state index contributed by atoms with van der Waals surface area (Å²) in [5.74, 6) is 2.30. The molecule has 1 aliphatic carbocycles. The number of rotatable bonds is 6. The molecule has 0 radical (unpaired) electrons. The first-order valence-electron chi connectivity index (χ1n) is 8.27. The summed E-state index contributed by atoms with van der Waals surface area (Å²) >= 11 is 0. The Hall–Kier alpha value is -2.14. The zero-order valence-corrected chi connectivity index (χ0v) is 13.6. The van der Waals surface area contributed by atoms with E-state index in [9.17, 15) is 0 Å². The Morgan fingerprint density at radius 1 is 1.22 bits per heavy atom. The van der Waals surface area contributed by atoms with Crippen LogP contribution in [0.3, 0.4) is 0 Å². The van der Waals surface area contributed by atoms with Crippen LogP contribution in [0.1, 0.15) is 37.4 Å². The van der Waals surface area contributed by atoms with Crippen LogP contribution in [0.4, 0.5) is 5.69 Å². The summed E-state index contributed by atoms with van der Waals surface area (Å²) in [5, 5.41) is 3.33. The Morgan fingerprint density at radius 3 is 2.61 bits per heavy atom. The van der Waals surface area contributed by atoms with Gasteiger partial charge in [-0.3, -0.25) is 0 Å². The van der Waals surface area contributed by atoms with Gasteiger partial charge in [0.2, 0.25) is 0 Å². The number of aromatic nitrogens is 2. The highest BCUT2D eigenvalue weighted by Gasteiger charge is 2.21. The monoisotopic (exact) mass is 312 g/mol. The Morgan fingerprint density at radius 2 is 1.96 bits per heavy atom. The number of nitrogens with zero attached hydrogens (tertiary/aromatic N) is 2. The maximum atomic E-state index is 5.61. The van der Waals surface area contributed by atoms with E-state index in [-0.39, 0.29) is 0 Å². The van der Waals surface area contributed by atoms with Crippen molar-refractivity contribution in [2.45, 2.75) is 31.6 Å². The van der Waals surface area contributed by atoms with Crippen LogP contribution in [-0.2, 0) is 0 Å². The van der Waals surface area contributed by atoms with Gasteiger partial charge in [-0.25, -0.2) is 9.97 Å². The quantitative estimate of drug-likeness (QED) is 0.857. The van der Waals surface area contributed by atoms with Crippen LogP contribution < -0.4 is 15.8 Å². The number of methoxy groups -OCH3 is 1. The van der Waals surface area contributed by atoms with Crippen molar-refractivity contribution in [3.8, 4) is 17.0 Å². The second-order valence-electron chi connectivity index (χ2n) is 5.92. The topological polar surface area (TPSA) is 73.1 Å². The summed E-state index contributed by atoms with van der Waals surface area (Å²) in [6.45, 7) is 1.28. The van der Waals surface area contributed by atoms with Crippen molar-refractivity contribution < 1.29 is 4.74 Å². The molecule has 0 bridgehead atoms. The van der Waals surface area contributed by atoms with Crippen LogP contribution in [0.15, 0.2) is 30.5 Å². The second-order valence-corrected chi connectivity index (χ2v) is 5.92. The largest absolute Gasteiger partial charge is 0.497 e. The number of nitrogens with two attached hydrogens (primary N) is 1. The molecule has 1 aromatic carbocycles. The summed E-state index contributed by atoms with van der Waals surface area (Å²) < 4.78 is 5.24. The molecule has 3 rings (SSSR count). The molecule has 1 heterocycles. The van der Waals surface area contributed by atoms with Crippen molar-refractivity contribution in [2.75, 3.05) is 25.5 Å². The van der Waals surface area contributed by atoms with Crippen LogP contribution in [-0.4, -0.2) is 30.2 Å². The third kappa shape index (κ3) is 3.62. The molecule has 1 aliphatic rings. The number of benzene rings is 1. The minimum atomic E-state index is 0.496. The molecule has 0 atom stereocenters. The average Bonchev–Trinajstić information content (AvgIpc) is 3.14. The summed E-state index contributed by atoms with van der Waals surface area (Å²) in [6, 6.07) is 7.99. The third-order valence-corrected chi connectivity index (χ3v) is 4.35.